The Kier molecular flexibility index (Phi) is 5.90. The van der Waals surface area contributed by atoms with Crippen LogP contribution in [0.3, 0.4) is 0 Å². The molecule has 1 amide bonds. The van der Waals surface area contributed by atoms with Crippen LogP contribution in [-0.2, 0) is 14.3 Å². The summed E-state index contributed by atoms with van der Waals surface area (Å²) in [6.45, 7) is 6.97. The van der Waals surface area contributed by atoms with E-state index in [1.165, 1.54) is 11.8 Å². The van der Waals surface area contributed by atoms with Crippen LogP contribution in [0.4, 0.5) is 0 Å². The highest BCUT2D eigenvalue weighted by atomic mass is 16.7. The van der Waals surface area contributed by atoms with Crippen LogP contribution in [0.2, 0.25) is 0 Å². The van der Waals surface area contributed by atoms with Crippen LogP contribution in [0.1, 0.15) is 44.5 Å². The van der Waals surface area contributed by atoms with E-state index in [2.05, 4.69) is 0 Å². The zero-order chi connectivity index (χ0) is 19.5. The molecule has 1 heterocycles. The zero-order valence-electron chi connectivity index (χ0n) is 15.8. The van der Waals surface area contributed by atoms with Crippen molar-refractivity contribution in [2.75, 3.05) is 20.4 Å². The van der Waals surface area contributed by atoms with E-state index >= 15 is 0 Å². The zero-order valence-corrected chi connectivity index (χ0v) is 15.8. The van der Waals surface area contributed by atoms with Crippen molar-refractivity contribution >= 4 is 17.7 Å². The highest BCUT2D eigenvalue weighted by molar-refractivity contribution is 6.02. The normalized spacial score (nSPS) is 13.9. The van der Waals surface area contributed by atoms with Crippen LogP contribution in [0.5, 0.6) is 11.5 Å². The minimum atomic E-state index is -0.632. The van der Waals surface area contributed by atoms with Gasteiger partial charge in [-0.05, 0) is 25.1 Å². The lowest BCUT2D eigenvalue weighted by molar-refractivity contribution is -0.146. The maximum atomic E-state index is 12.7. The van der Waals surface area contributed by atoms with E-state index in [0.717, 1.165) is 0 Å². The van der Waals surface area contributed by atoms with Crippen molar-refractivity contribution < 1.29 is 28.6 Å². The molecule has 7 heteroatoms. The average molecular weight is 363 g/mol. The van der Waals surface area contributed by atoms with Crippen molar-refractivity contribution in [2.24, 2.45) is 5.41 Å². The lowest BCUT2D eigenvalue weighted by atomic mass is 9.89. The molecular formula is C19H25NO6. The molecule has 0 spiro atoms. The number of ether oxygens (including phenoxy) is 3. The Morgan fingerprint density at radius 3 is 2.54 bits per heavy atom. The molecule has 0 N–H and O–H groups in total. The van der Waals surface area contributed by atoms with Gasteiger partial charge in [-0.15, -0.1) is 0 Å². The first-order valence-electron chi connectivity index (χ1n) is 8.43. The minimum Gasteiger partial charge on any atom is -0.465 e. The van der Waals surface area contributed by atoms with E-state index < -0.39 is 11.5 Å². The van der Waals surface area contributed by atoms with Crippen molar-refractivity contribution in [3.8, 4) is 11.5 Å². The second kappa shape index (κ2) is 7.76. The fourth-order valence-electron chi connectivity index (χ4n) is 2.56. The molecule has 1 aromatic carbocycles. The van der Waals surface area contributed by atoms with Gasteiger partial charge in [0.05, 0.1) is 12.6 Å². The molecule has 0 radical (unpaired) electrons. The van der Waals surface area contributed by atoms with Crippen LogP contribution < -0.4 is 9.47 Å². The molecule has 142 valence electrons. The number of rotatable bonds is 7. The average Bonchev–Trinajstić information content (AvgIpc) is 3.05. The summed E-state index contributed by atoms with van der Waals surface area (Å²) < 4.78 is 15.5. The summed E-state index contributed by atoms with van der Waals surface area (Å²) in [5.74, 6) is 0.372. The van der Waals surface area contributed by atoms with Gasteiger partial charge in [-0.3, -0.25) is 14.4 Å². The Bertz CT molecular complexity index is 712. The molecule has 0 fully saturated rings. The Morgan fingerprint density at radius 2 is 1.88 bits per heavy atom. The first-order valence-corrected chi connectivity index (χ1v) is 8.43. The summed E-state index contributed by atoms with van der Waals surface area (Å²) in [5, 5.41) is 0. The molecular weight excluding hydrogens is 338 g/mol. The highest BCUT2D eigenvalue weighted by Gasteiger charge is 2.30. The fraction of sp³-hybridized carbons (Fsp3) is 0.526. The van der Waals surface area contributed by atoms with E-state index in [0.29, 0.717) is 17.1 Å². The second-order valence-electron chi connectivity index (χ2n) is 7.23. The monoisotopic (exact) mass is 363 g/mol. The Balaban J connectivity index is 2.01. The van der Waals surface area contributed by atoms with E-state index in [9.17, 15) is 14.4 Å². The van der Waals surface area contributed by atoms with Crippen molar-refractivity contribution in [1.29, 1.82) is 0 Å². The summed E-state index contributed by atoms with van der Waals surface area (Å²) >= 11 is 0. The Morgan fingerprint density at radius 1 is 1.23 bits per heavy atom. The quantitative estimate of drug-likeness (QED) is 0.547. The Labute approximate surface area is 153 Å². The van der Waals surface area contributed by atoms with Gasteiger partial charge < -0.3 is 19.1 Å². The van der Waals surface area contributed by atoms with Gasteiger partial charge in [0.2, 0.25) is 12.7 Å². The lowest BCUT2D eigenvalue weighted by Crippen LogP contribution is -2.42. The SMILES string of the molecule is CC(=O)OCC(C)(C)CC(=O)N(C)[C@H](C)C(=O)c1ccc2c(c1)OCO2. The third-order valence-corrected chi connectivity index (χ3v) is 4.31. The molecule has 26 heavy (non-hydrogen) atoms. The van der Waals surface area contributed by atoms with Gasteiger partial charge in [0, 0.05) is 31.4 Å². The van der Waals surface area contributed by atoms with Crippen molar-refractivity contribution in [2.45, 2.75) is 40.2 Å². The number of likely N-dealkylation sites (N-methyl/N-ethyl adjacent to an activating group) is 1. The number of esters is 1. The number of benzene rings is 1. The summed E-state index contributed by atoms with van der Waals surface area (Å²) in [6, 6.07) is 4.35. The molecule has 7 nitrogen and oxygen atoms in total. The molecule has 1 aliphatic rings. The number of Topliss-reactive ketones (excluding diaryl/α,β-unsaturated/α-hetero) is 1. The molecule has 0 saturated carbocycles. The van der Waals surface area contributed by atoms with Crippen LogP contribution in [0.15, 0.2) is 18.2 Å². The summed E-state index contributed by atoms with van der Waals surface area (Å²) in [6.07, 6.45) is 0.162. The molecule has 1 aromatic rings. The van der Waals surface area contributed by atoms with Gasteiger partial charge in [0.1, 0.15) is 0 Å². The number of hydrogen-bond acceptors (Lipinski definition) is 6. The number of hydrogen-bond donors (Lipinski definition) is 0. The first-order chi connectivity index (χ1) is 12.1. The smallest absolute Gasteiger partial charge is 0.302 e. The van der Waals surface area contributed by atoms with Gasteiger partial charge in [-0.2, -0.15) is 0 Å². The molecule has 1 atom stereocenters. The molecule has 0 aromatic heterocycles. The molecule has 0 unspecified atom stereocenters. The predicted octanol–water partition coefficient (Wildman–Crippen LogP) is 2.42. The number of amides is 1. The number of nitrogens with zero attached hydrogens (tertiary/aromatic N) is 1. The molecule has 0 aliphatic carbocycles. The van der Waals surface area contributed by atoms with Crippen molar-refractivity contribution in [3.63, 3.8) is 0 Å². The fourth-order valence-corrected chi connectivity index (χ4v) is 2.56. The molecule has 2 rings (SSSR count). The van der Waals surface area contributed by atoms with Gasteiger partial charge in [0.15, 0.2) is 17.3 Å². The van der Waals surface area contributed by atoms with Gasteiger partial charge in [0.25, 0.3) is 0 Å². The van der Waals surface area contributed by atoms with Gasteiger partial charge in [-0.1, -0.05) is 13.8 Å². The van der Waals surface area contributed by atoms with Crippen molar-refractivity contribution in [1.82, 2.24) is 4.90 Å². The maximum absolute atomic E-state index is 12.7. The standard InChI is InChI=1S/C19H25NO6/c1-12(18(23)14-6-7-15-16(8-14)26-11-25-15)20(5)17(22)9-19(3,4)10-24-13(2)21/h6-8,12H,9-11H2,1-5H3/t12-/m1/s1. The summed E-state index contributed by atoms with van der Waals surface area (Å²) in [4.78, 5) is 37.7. The van der Waals surface area contributed by atoms with E-state index in [1.54, 1.807) is 32.2 Å². The largest absolute Gasteiger partial charge is 0.465 e. The Hall–Kier alpha value is -2.57. The van der Waals surface area contributed by atoms with Gasteiger partial charge in [-0.25, -0.2) is 0 Å². The van der Waals surface area contributed by atoms with Crippen molar-refractivity contribution in [3.05, 3.63) is 23.8 Å². The summed E-state index contributed by atoms with van der Waals surface area (Å²) in [7, 11) is 1.60. The van der Waals surface area contributed by atoms with Crippen LogP contribution >= 0.6 is 0 Å². The van der Waals surface area contributed by atoms with Crippen LogP contribution in [-0.4, -0.2) is 49.0 Å². The third-order valence-electron chi connectivity index (χ3n) is 4.31. The predicted molar refractivity (Wildman–Crippen MR) is 94.2 cm³/mol. The van der Waals surface area contributed by atoms with Crippen LogP contribution in [0.25, 0.3) is 0 Å². The third kappa shape index (κ3) is 4.74. The maximum Gasteiger partial charge on any atom is 0.302 e. The first kappa shape index (κ1) is 19.8. The minimum absolute atomic E-state index is 0.137. The van der Waals surface area contributed by atoms with Crippen LogP contribution in [0, 0.1) is 5.41 Å². The highest BCUT2D eigenvalue weighted by Crippen LogP contribution is 2.33. The van der Waals surface area contributed by atoms with Gasteiger partial charge >= 0.3 is 5.97 Å². The summed E-state index contributed by atoms with van der Waals surface area (Å²) in [5.41, 5.74) is -0.0565. The van der Waals surface area contributed by atoms with E-state index in [4.69, 9.17) is 14.2 Å². The van der Waals surface area contributed by atoms with E-state index in [1.807, 2.05) is 13.8 Å². The number of carbonyl (C=O) groups excluding carboxylic acids is 3. The number of carbonyl (C=O) groups is 3. The lowest BCUT2D eigenvalue weighted by Gasteiger charge is -2.29. The number of ketones is 1. The second-order valence-corrected chi connectivity index (χ2v) is 7.23. The topological polar surface area (TPSA) is 82.1 Å². The molecule has 0 saturated heterocycles. The van der Waals surface area contributed by atoms with E-state index in [-0.39, 0.29) is 37.5 Å². The number of fused-ring (bicyclic) bond motifs is 1. The molecule has 0 bridgehead atoms. The molecule has 1 aliphatic heterocycles.